The van der Waals surface area contributed by atoms with Gasteiger partial charge in [-0.2, -0.15) is 0 Å². The van der Waals surface area contributed by atoms with Gasteiger partial charge in [0.1, 0.15) is 0 Å². The average molecular weight is 398 g/mol. The number of methoxy groups -OCH3 is 2. The number of nitrogens with one attached hydrogen (secondary N) is 1. The summed E-state index contributed by atoms with van der Waals surface area (Å²) in [4.78, 5) is 36.0. The number of hydrogen-bond donors (Lipinski definition) is 1. The highest BCUT2D eigenvalue weighted by atomic mass is 32.2. The normalized spacial score (nSPS) is 10.1. The van der Waals surface area contributed by atoms with Gasteiger partial charge in [0, 0.05) is 19.8 Å². The van der Waals surface area contributed by atoms with Crippen molar-refractivity contribution in [2.45, 2.75) is 12.7 Å². The predicted molar refractivity (Wildman–Crippen MR) is 103 cm³/mol. The van der Waals surface area contributed by atoms with E-state index < -0.39 is 11.9 Å². The van der Waals surface area contributed by atoms with Crippen LogP contribution in [0.1, 0.15) is 11.1 Å². The van der Waals surface area contributed by atoms with E-state index in [1.807, 2.05) is 19.1 Å². The van der Waals surface area contributed by atoms with Gasteiger partial charge in [-0.05, 0) is 30.2 Å². The first-order chi connectivity index (χ1) is 12.8. The van der Waals surface area contributed by atoms with E-state index in [1.165, 1.54) is 30.8 Å². The Balaban J connectivity index is 2.43. The van der Waals surface area contributed by atoms with Gasteiger partial charge in [-0.1, -0.05) is 0 Å². The van der Waals surface area contributed by atoms with Crippen LogP contribution in [0.5, 0.6) is 11.5 Å². The summed E-state index contributed by atoms with van der Waals surface area (Å²) in [5.41, 5.74) is 2.05. The molecule has 0 bridgehead atoms. The van der Waals surface area contributed by atoms with E-state index in [2.05, 4.69) is 5.32 Å². The van der Waals surface area contributed by atoms with Crippen LogP contribution in [0.3, 0.4) is 0 Å². The van der Waals surface area contributed by atoms with E-state index in [9.17, 15) is 14.4 Å². The van der Waals surface area contributed by atoms with Gasteiger partial charge in [0.2, 0.25) is 5.91 Å². The Morgan fingerprint density at radius 2 is 1.78 bits per heavy atom. The van der Waals surface area contributed by atoms with Crippen molar-refractivity contribution in [1.82, 2.24) is 10.2 Å². The molecule has 0 saturated carbocycles. The third kappa shape index (κ3) is 7.38. The molecule has 8 nitrogen and oxygen atoms in total. The van der Waals surface area contributed by atoms with Crippen molar-refractivity contribution in [3.05, 3.63) is 23.3 Å². The number of hydrogen-bond acceptors (Lipinski definition) is 7. The molecule has 0 aromatic heterocycles. The monoisotopic (exact) mass is 398 g/mol. The molecular weight excluding hydrogens is 372 g/mol. The number of ether oxygens (including phenoxy) is 3. The molecular formula is C18H26N2O6S. The Morgan fingerprint density at radius 1 is 1.15 bits per heavy atom. The number of carbonyl (C=O) groups is 3. The summed E-state index contributed by atoms with van der Waals surface area (Å²) in [7, 11) is 6.10. The molecule has 0 fully saturated rings. The summed E-state index contributed by atoms with van der Waals surface area (Å²) < 4.78 is 15.5. The number of nitrogens with zero attached hydrogens (tertiary/aromatic N) is 1. The van der Waals surface area contributed by atoms with E-state index in [-0.39, 0.29) is 24.8 Å². The van der Waals surface area contributed by atoms with E-state index in [0.29, 0.717) is 17.3 Å². The highest BCUT2D eigenvalue weighted by Crippen LogP contribution is 2.31. The van der Waals surface area contributed by atoms with Crippen molar-refractivity contribution >= 4 is 29.5 Å². The molecule has 2 amide bonds. The topological polar surface area (TPSA) is 94.2 Å². The summed E-state index contributed by atoms with van der Waals surface area (Å²) in [5.74, 6) is 0.769. The second-order valence-electron chi connectivity index (χ2n) is 5.71. The number of esters is 1. The Kier molecular flexibility index (Phi) is 9.49. The number of thioether (sulfide) groups is 1. The summed E-state index contributed by atoms with van der Waals surface area (Å²) in [5, 5.41) is 2.42. The predicted octanol–water partition coefficient (Wildman–Crippen LogP) is 0.993. The number of aryl methyl sites for hydroxylation is 1. The molecule has 0 saturated heterocycles. The SMILES string of the molecule is CNC(=O)CN(C)C(=O)COC(=O)CSCc1cc(OC)c(OC)cc1C. The third-order valence-corrected chi connectivity index (χ3v) is 4.72. The lowest BCUT2D eigenvalue weighted by Gasteiger charge is -2.16. The van der Waals surface area contributed by atoms with Crippen molar-refractivity contribution in [1.29, 1.82) is 0 Å². The number of rotatable bonds is 10. The van der Waals surface area contributed by atoms with Crippen LogP contribution in [0.15, 0.2) is 12.1 Å². The zero-order valence-corrected chi connectivity index (χ0v) is 17.1. The average Bonchev–Trinajstić information content (AvgIpc) is 2.66. The molecule has 9 heteroatoms. The Bertz CT molecular complexity index is 680. The molecule has 1 aromatic carbocycles. The van der Waals surface area contributed by atoms with Gasteiger partial charge in [-0.3, -0.25) is 14.4 Å². The second kappa shape index (κ2) is 11.3. The number of likely N-dealkylation sites (N-methyl/N-ethyl adjacent to an activating group) is 2. The molecule has 1 aromatic rings. The molecule has 0 radical (unpaired) electrons. The minimum absolute atomic E-state index is 0.0831. The summed E-state index contributed by atoms with van der Waals surface area (Å²) in [6, 6.07) is 3.76. The van der Waals surface area contributed by atoms with E-state index >= 15 is 0 Å². The van der Waals surface area contributed by atoms with Crippen molar-refractivity contribution in [3.63, 3.8) is 0 Å². The molecule has 0 unspecified atom stereocenters. The number of benzene rings is 1. The van der Waals surface area contributed by atoms with Crippen LogP contribution in [0.25, 0.3) is 0 Å². The van der Waals surface area contributed by atoms with Gasteiger partial charge in [0.15, 0.2) is 18.1 Å². The molecule has 0 atom stereocenters. The van der Waals surface area contributed by atoms with Crippen LogP contribution in [-0.2, 0) is 24.9 Å². The number of amides is 2. The first-order valence-corrected chi connectivity index (χ1v) is 9.37. The molecule has 150 valence electrons. The lowest BCUT2D eigenvalue weighted by atomic mass is 10.1. The molecule has 0 heterocycles. The van der Waals surface area contributed by atoms with E-state index in [1.54, 1.807) is 14.2 Å². The molecule has 0 aliphatic heterocycles. The summed E-state index contributed by atoms with van der Waals surface area (Å²) in [6.07, 6.45) is 0. The quantitative estimate of drug-likeness (QED) is 0.588. The molecule has 1 rings (SSSR count). The third-order valence-electron chi connectivity index (χ3n) is 3.76. The highest BCUT2D eigenvalue weighted by Gasteiger charge is 2.15. The van der Waals surface area contributed by atoms with Crippen LogP contribution in [0.2, 0.25) is 0 Å². The van der Waals surface area contributed by atoms with Gasteiger partial charge in [0.05, 0.1) is 26.5 Å². The lowest BCUT2D eigenvalue weighted by molar-refractivity contribution is -0.149. The zero-order chi connectivity index (χ0) is 20.4. The Labute approximate surface area is 163 Å². The van der Waals surface area contributed by atoms with Gasteiger partial charge in [0.25, 0.3) is 5.91 Å². The summed E-state index contributed by atoms with van der Waals surface area (Å²) in [6.45, 7) is 1.49. The lowest BCUT2D eigenvalue weighted by Crippen LogP contribution is -2.39. The van der Waals surface area contributed by atoms with Crippen LogP contribution in [0.4, 0.5) is 0 Å². The minimum atomic E-state index is -0.486. The van der Waals surface area contributed by atoms with E-state index in [4.69, 9.17) is 14.2 Å². The van der Waals surface area contributed by atoms with Gasteiger partial charge in [-0.25, -0.2) is 0 Å². The van der Waals surface area contributed by atoms with Crippen LogP contribution >= 0.6 is 11.8 Å². The van der Waals surface area contributed by atoms with E-state index in [0.717, 1.165) is 11.1 Å². The molecule has 27 heavy (non-hydrogen) atoms. The number of carbonyl (C=O) groups excluding carboxylic acids is 3. The first kappa shape index (κ1) is 22.6. The van der Waals surface area contributed by atoms with Gasteiger partial charge in [-0.15, -0.1) is 11.8 Å². The molecule has 0 spiro atoms. The van der Waals surface area contributed by atoms with Crippen molar-refractivity contribution in [2.24, 2.45) is 0 Å². The largest absolute Gasteiger partial charge is 0.493 e. The smallest absolute Gasteiger partial charge is 0.316 e. The van der Waals surface area contributed by atoms with Gasteiger partial charge < -0.3 is 24.4 Å². The van der Waals surface area contributed by atoms with Crippen LogP contribution in [0, 0.1) is 6.92 Å². The first-order valence-electron chi connectivity index (χ1n) is 8.21. The maximum atomic E-state index is 11.8. The fraction of sp³-hybridized carbons (Fsp3) is 0.500. The van der Waals surface area contributed by atoms with Crippen molar-refractivity contribution in [2.75, 3.05) is 47.2 Å². The van der Waals surface area contributed by atoms with Crippen LogP contribution < -0.4 is 14.8 Å². The summed E-state index contributed by atoms with van der Waals surface area (Å²) >= 11 is 1.38. The maximum Gasteiger partial charge on any atom is 0.316 e. The van der Waals surface area contributed by atoms with Crippen molar-refractivity contribution in [3.8, 4) is 11.5 Å². The van der Waals surface area contributed by atoms with Crippen molar-refractivity contribution < 1.29 is 28.6 Å². The molecule has 1 N–H and O–H groups in total. The Morgan fingerprint density at radius 3 is 2.37 bits per heavy atom. The standard InChI is InChI=1S/C18H26N2O6S/c1-12-6-14(24-4)15(25-5)7-13(12)10-27-11-18(23)26-9-17(22)20(3)8-16(21)19-2/h6-7H,8-11H2,1-5H3,(H,19,21). The molecule has 0 aliphatic carbocycles. The maximum absolute atomic E-state index is 11.8. The Hall–Kier alpha value is -2.42. The molecule has 0 aliphatic rings. The fourth-order valence-electron chi connectivity index (χ4n) is 2.10. The fourth-order valence-corrected chi connectivity index (χ4v) is 2.98. The highest BCUT2D eigenvalue weighted by molar-refractivity contribution is 7.99. The van der Waals surface area contributed by atoms with Crippen LogP contribution in [-0.4, -0.2) is 69.9 Å². The minimum Gasteiger partial charge on any atom is -0.493 e. The second-order valence-corrected chi connectivity index (χ2v) is 6.70. The zero-order valence-electron chi connectivity index (χ0n) is 16.3. The van der Waals surface area contributed by atoms with Gasteiger partial charge >= 0.3 is 5.97 Å².